The smallest absolute Gasteiger partial charge is 0.161 e. The predicted octanol–water partition coefficient (Wildman–Crippen LogP) is 7.97. The highest BCUT2D eigenvalue weighted by atomic mass is 16.5. The van der Waals surface area contributed by atoms with Crippen LogP contribution in [0.1, 0.15) is 55.6 Å². The average molecular weight is 511 g/mol. The third kappa shape index (κ3) is 5.33. The van der Waals surface area contributed by atoms with E-state index >= 15 is 0 Å². The van der Waals surface area contributed by atoms with Crippen molar-refractivity contribution >= 4 is 0 Å². The summed E-state index contributed by atoms with van der Waals surface area (Å²) in [5, 5.41) is 0. The molecule has 0 heterocycles. The van der Waals surface area contributed by atoms with Crippen molar-refractivity contribution in [2.75, 3.05) is 14.2 Å². The van der Waals surface area contributed by atoms with Gasteiger partial charge >= 0.3 is 0 Å². The maximum Gasteiger partial charge on any atom is 0.161 e. The predicted molar refractivity (Wildman–Crippen MR) is 159 cm³/mol. The second-order valence-corrected chi connectivity index (χ2v) is 10.4. The van der Waals surface area contributed by atoms with Gasteiger partial charge in [0, 0.05) is 0 Å². The largest absolute Gasteiger partial charge is 0.493 e. The van der Waals surface area contributed by atoms with Crippen LogP contribution in [0.3, 0.4) is 0 Å². The fourth-order valence-electron chi connectivity index (χ4n) is 5.93. The number of ether oxygens (including phenoxy) is 2. The van der Waals surface area contributed by atoms with Crippen LogP contribution >= 0.6 is 0 Å². The van der Waals surface area contributed by atoms with E-state index < -0.39 is 0 Å². The number of hydrogen-bond donors (Lipinski definition) is 0. The van der Waals surface area contributed by atoms with Crippen molar-refractivity contribution in [2.24, 2.45) is 0 Å². The average Bonchev–Trinajstić information content (AvgIpc) is 2.97. The van der Waals surface area contributed by atoms with Crippen molar-refractivity contribution in [3.05, 3.63) is 165 Å². The van der Waals surface area contributed by atoms with Gasteiger partial charge in [0.05, 0.1) is 14.2 Å². The van der Waals surface area contributed by atoms with Gasteiger partial charge in [0.15, 0.2) is 11.5 Å². The molecule has 6 rings (SSSR count). The van der Waals surface area contributed by atoms with E-state index in [0.29, 0.717) is 0 Å². The highest BCUT2D eigenvalue weighted by Gasteiger charge is 2.17. The summed E-state index contributed by atoms with van der Waals surface area (Å²) in [6.45, 7) is 0. The van der Waals surface area contributed by atoms with Gasteiger partial charge in [-0.15, -0.1) is 0 Å². The van der Waals surface area contributed by atoms with Crippen molar-refractivity contribution in [3.8, 4) is 11.5 Å². The second-order valence-electron chi connectivity index (χ2n) is 10.4. The molecule has 2 nitrogen and oxygen atoms in total. The van der Waals surface area contributed by atoms with Gasteiger partial charge in [-0.05, 0) is 99.9 Å². The fourth-order valence-corrected chi connectivity index (χ4v) is 5.93. The number of hydrogen-bond acceptors (Lipinski definition) is 2. The van der Waals surface area contributed by atoms with Gasteiger partial charge in [0.1, 0.15) is 0 Å². The first-order chi connectivity index (χ1) is 19.2. The molecule has 0 amide bonds. The summed E-state index contributed by atoms with van der Waals surface area (Å²) in [4.78, 5) is 0. The van der Waals surface area contributed by atoms with Crippen LogP contribution in [0.4, 0.5) is 0 Å². The number of rotatable bonds is 2. The zero-order valence-electron chi connectivity index (χ0n) is 22.7. The van der Waals surface area contributed by atoms with Gasteiger partial charge in [0.2, 0.25) is 0 Å². The molecule has 0 radical (unpaired) electrons. The van der Waals surface area contributed by atoms with Gasteiger partial charge in [-0.2, -0.15) is 0 Å². The Morgan fingerprint density at radius 2 is 0.538 bits per heavy atom. The van der Waals surface area contributed by atoms with Crippen molar-refractivity contribution in [3.63, 3.8) is 0 Å². The first-order valence-electron chi connectivity index (χ1n) is 13.7. The molecule has 1 aliphatic carbocycles. The summed E-state index contributed by atoms with van der Waals surface area (Å²) in [5.41, 5.74) is 13.6. The van der Waals surface area contributed by atoms with Crippen molar-refractivity contribution in [1.82, 2.24) is 0 Å². The van der Waals surface area contributed by atoms with Crippen LogP contribution in [-0.4, -0.2) is 14.2 Å². The summed E-state index contributed by atoms with van der Waals surface area (Å²) >= 11 is 0. The van der Waals surface area contributed by atoms with E-state index in [1.165, 1.54) is 55.6 Å². The Morgan fingerprint density at radius 3 is 0.744 bits per heavy atom. The first kappa shape index (κ1) is 25.0. The van der Waals surface area contributed by atoms with Crippen molar-refractivity contribution < 1.29 is 9.47 Å². The maximum atomic E-state index is 5.75. The van der Waals surface area contributed by atoms with Gasteiger partial charge in [-0.3, -0.25) is 0 Å². The molecule has 0 aromatic heterocycles. The quantitative estimate of drug-likeness (QED) is 0.235. The topological polar surface area (TPSA) is 18.5 Å². The minimum absolute atomic E-state index is 0.777. The summed E-state index contributed by atoms with van der Waals surface area (Å²) in [7, 11) is 3.43. The molecule has 1 aliphatic rings. The van der Waals surface area contributed by atoms with Crippen LogP contribution in [0.15, 0.2) is 109 Å². The van der Waals surface area contributed by atoms with Crippen LogP contribution in [0.2, 0.25) is 0 Å². The van der Waals surface area contributed by atoms with Crippen molar-refractivity contribution in [1.29, 1.82) is 0 Å². The van der Waals surface area contributed by atoms with E-state index in [0.717, 1.165) is 43.6 Å². The summed E-state index contributed by atoms with van der Waals surface area (Å²) in [6, 6.07) is 40.0. The lowest BCUT2D eigenvalue weighted by Crippen LogP contribution is -2.04. The van der Waals surface area contributed by atoms with E-state index in [-0.39, 0.29) is 0 Å². The normalized spacial score (nSPS) is 12.9. The Labute approximate surface area is 231 Å². The maximum absolute atomic E-state index is 5.75. The Kier molecular flexibility index (Phi) is 7.19. The minimum atomic E-state index is 0.777. The molecule has 2 heteroatoms. The summed E-state index contributed by atoms with van der Waals surface area (Å²) in [6.07, 6.45) is 4.45. The third-order valence-electron chi connectivity index (χ3n) is 8.08. The number of benzene rings is 5. The van der Waals surface area contributed by atoms with Gasteiger partial charge in [0.25, 0.3) is 0 Å². The van der Waals surface area contributed by atoms with E-state index in [4.69, 9.17) is 9.47 Å². The van der Waals surface area contributed by atoms with Crippen LogP contribution in [0.25, 0.3) is 0 Å². The van der Waals surface area contributed by atoms with E-state index in [1.54, 1.807) is 14.2 Å². The highest BCUT2D eigenvalue weighted by Crippen LogP contribution is 2.34. The fraction of sp³-hybridized carbons (Fsp3) is 0.189. The standard InChI is InChI=1S/C37H34O2/c1-38-36-24-34-22-32-17-9-7-15-30(32)20-28-13-5-3-11-26(28)19-27-12-4-6-14-29(27)21-31-16-8-10-18-33(31)23-35(34)25-37(36)39-2/h3-18,24-25H,19-23H2,1-2H3. The SMILES string of the molecule is COc1cc2c(cc1OC)Cc1ccccc1Cc1ccccc1Cc1ccccc1Cc1ccccc1C2. The Morgan fingerprint density at radius 1 is 0.333 bits per heavy atom. The molecule has 0 bridgehead atoms. The molecule has 5 aromatic rings. The molecular weight excluding hydrogens is 476 g/mol. The molecule has 5 aromatic carbocycles. The van der Waals surface area contributed by atoms with Crippen molar-refractivity contribution in [2.45, 2.75) is 32.1 Å². The van der Waals surface area contributed by atoms with Gasteiger partial charge < -0.3 is 9.47 Å². The molecule has 0 aliphatic heterocycles. The summed E-state index contributed by atoms with van der Waals surface area (Å²) < 4.78 is 11.5. The highest BCUT2D eigenvalue weighted by molar-refractivity contribution is 5.52. The van der Waals surface area contributed by atoms with Crippen LogP contribution in [-0.2, 0) is 32.1 Å². The number of methoxy groups -OCH3 is 2. The first-order valence-corrected chi connectivity index (χ1v) is 13.7. The lowest BCUT2D eigenvalue weighted by Gasteiger charge is -2.18. The van der Waals surface area contributed by atoms with Gasteiger partial charge in [-0.1, -0.05) is 97.1 Å². The third-order valence-corrected chi connectivity index (χ3v) is 8.08. The molecule has 0 N–H and O–H groups in total. The van der Waals surface area contributed by atoms with Crippen LogP contribution in [0.5, 0.6) is 11.5 Å². The van der Waals surface area contributed by atoms with Gasteiger partial charge in [-0.25, -0.2) is 0 Å². The Balaban J connectivity index is 1.57. The monoisotopic (exact) mass is 510 g/mol. The minimum Gasteiger partial charge on any atom is -0.493 e. The summed E-state index contributed by atoms with van der Waals surface area (Å²) in [5.74, 6) is 1.55. The lowest BCUT2D eigenvalue weighted by atomic mass is 9.89. The van der Waals surface area contributed by atoms with E-state index in [9.17, 15) is 0 Å². The molecule has 0 spiro atoms. The molecule has 0 saturated carbocycles. The molecule has 194 valence electrons. The second kappa shape index (κ2) is 11.2. The molecule has 39 heavy (non-hydrogen) atoms. The Hall–Kier alpha value is -4.30. The zero-order chi connectivity index (χ0) is 26.6. The molecule has 0 unspecified atom stereocenters. The molecule has 0 atom stereocenters. The number of fused-ring (bicyclic) bond motifs is 5. The van der Waals surface area contributed by atoms with Crippen LogP contribution in [0, 0.1) is 0 Å². The lowest BCUT2D eigenvalue weighted by molar-refractivity contribution is 0.354. The molecule has 0 saturated heterocycles. The Bertz CT molecular complexity index is 1490. The van der Waals surface area contributed by atoms with Crippen LogP contribution < -0.4 is 9.47 Å². The molecular formula is C37H34O2. The zero-order valence-corrected chi connectivity index (χ0v) is 22.7. The van der Waals surface area contributed by atoms with E-state index in [1.807, 2.05) is 0 Å². The molecule has 0 fully saturated rings. The van der Waals surface area contributed by atoms with E-state index in [2.05, 4.69) is 109 Å².